The molecule has 0 N–H and O–H groups in total. The lowest BCUT2D eigenvalue weighted by Crippen LogP contribution is -2.41. The van der Waals surface area contributed by atoms with Crippen molar-refractivity contribution in [1.82, 2.24) is 4.90 Å². The van der Waals surface area contributed by atoms with Crippen molar-refractivity contribution >= 4 is 5.91 Å². The third kappa shape index (κ3) is 1.59. The van der Waals surface area contributed by atoms with Gasteiger partial charge in [-0.3, -0.25) is 4.79 Å². The monoisotopic (exact) mass is 171 g/mol. The molecule has 3 heteroatoms. The molecule has 1 saturated carbocycles. The number of halogens is 1. The summed E-state index contributed by atoms with van der Waals surface area (Å²) in [5, 5.41) is 0. The number of alkyl halides is 1. The smallest absolute Gasteiger partial charge is 0.225 e. The third-order valence-corrected chi connectivity index (χ3v) is 2.60. The molecular formula is C9H14FNO. The average Bonchev–Trinajstić information content (AvgIpc) is 2.85. The zero-order valence-electron chi connectivity index (χ0n) is 7.13. The molecule has 1 aliphatic heterocycles. The van der Waals surface area contributed by atoms with Crippen molar-refractivity contribution in [2.75, 3.05) is 13.1 Å². The molecule has 0 radical (unpaired) electrons. The van der Waals surface area contributed by atoms with Crippen LogP contribution < -0.4 is 0 Å². The molecule has 2 nitrogen and oxygen atoms in total. The average molecular weight is 171 g/mol. The van der Waals surface area contributed by atoms with E-state index in [1.54, 1.807) is 4.90 Å². The molecule has 0 spiro atoms. The number of carbonyl (C=O) groups excluding carboxylic acids is 1. The summed E-state index contributed by atoms with van der Waals surface area (Å²) in [6.45, 7) is 1.12. The topological polar surface area (TPSA) is 20.3 Å². The minimum atomic E-state index is -0.776. The Morgan fingerprint density at radius 3 is 2.67 bits per heavy atom. The molecule has 2 rings (SSSR count). The molecule has 68 valence electrons. The van der Waals surface area contributed by atoms with Crippen LogP contribution in [0.15, 0.2) is 0 Å². The van der Waals surface area contributed by atoms with E-state index in [9.17, 15) is 9.18 Å². The maximum Gasteiger partial charge on any atom is 0.225 e. The van der Waals surface area contributed by atoms with E-state index in [1.807, 2.05) is 0 Å². The summed E-state index contributed by atoms with van der Waals surface area (Å²) >= 11 is 0. The van der Waals surface area contributed by atoms with Gasteiger partial charge in [0.1, 0.15) is 6.17 Å². The Labute approximate surface area is 71.7 Å². The quantitative estimate of drug-likeness (QED) is 0.583. The van der Waals surface area contributed by atoms with Crippen LogP contribution in [0.1, 0.15) is 25.7 Å². The van der Waals surface area contributed by atoms with E-state index in [1.165, 1.54) is 0 Å². The van der Waals surface area contributed by atoms with Crippen molar-refractivity contribution in [3.63, 3.8) is 0 Å². The predicted octanol–water partition coefficient (Wildman–Crippen LogP) is 1.36. The van der Waals surface area contributed by atoms with Gasteiger partial charge in [-0.05, 0) is 25.7 Å². The Balaban J connectivity index is 1.89. The van der Waals surface area contributed by atoms with Crippen LogP contribution in [0.2, 0.25) is 0 Å². The molecule has 2 aliphatic rings. The second-order valence-corrected chi connectivity index (χ2v) is 3.80. The number of hydrogen-bond donors (Lipinski definition) is 0. The second-order valence-electron chi connectivity index (χ2n) is 3.80. The van der Waals surface area contributed by atoms with Crippen molar-refractivity contribution in [2.24, 2.45) is 5.92 Å². The van der Waals surface area contributed by atoms with Crippen LogP contribution >= 0.6 is 0 Å². The van der Waals surface area contributed by atoms with Gasteiger partial charge >= 0.3 is 0 Å². The summed E-state index contributed by atoms with van der Waals surface area (Å²) in [7, 11) is 0. The highest BCUT2D eigenvalue weighted by molar-refractivity contribution is 5.81. The molecule has 1 atom stereocenters. The highest BCUT2D eigenvalue weighted by Gasteiger charge is 2.35. The minimum Gasteiger partial charge on any atom is -0.340 e. The lowest BCUT2D eigenvalue weighted by molar-refractivity contribution is -0.134. The maximum absolute atomic E-state index is 12.9. The summed E-state index contributed by atoms with van der Waals surface area (Å²) in [5.41, 5.74) is 0. The number of rotatable bonds is 1. The van der Waals surface area contributed by atoms with Crippen LogP contribution in [-0.2, 0) is 4.79 Å². The number of nitrogens with zero attached hydrogens (tertiary/aromatic N) is 1. The van der Waals surface area contributed by atoms with Gasteiger partial charge in [0.15, 0.2) is 0 Å². The third-order valence-electron chi connectivity index (χ3n) is 2.60. The molecule has 1 aliphatic carbocycles. The lowest BCUT2D eigenvalue weighted by atomic mass is 10.1. The van der Waals surface area contributed by atoms with Gasteiger partial charge in [-0.15, -0.1) is 0 Å². The molecule has 1 heterocycles. The van der Waals surface area contributed by atoms with Crippen molar-refractivity contribution in [3.05, 3.63) is 0 Å². The van der Waals surface area contributed by atoms with E-state index in [2.05, 4.69) is 0 Å². The van der Waals surface area contributed by atoms with Crippen LogP contribution in [-0.4, -0.2) is 30.1 Å². The zero-order chi connectivity index (χ0) is 8.55. The number of likely N-dealkylation sites (tertiary alicyclic amines) is 1. The largest absolute Gasteiger partial charge is 0.340 e. The summed E-state index contributed by atoms with van der Waals surface area (Å²) in [6, 6.07) is 0. The Morgan fingerprint density at radius 2 is 2.08 bits per heavy atom. The van der Waals surface area contributed by atoms with Gasteiger partial charge in [-0.2, -0.15) is 0 Å². The van der Waals surface area contributed by atoms with E-state index >= 15 is 0 Å². The van der Waals surface area contributed by atoms with Gasteiger partial charge in [0.25, 0.3) is 0 Å². The predicted molar refractivity (Wildman–Crippen MR) is 43.4 cm³/mol. The summed E-state index contributed by atoms with van der Waals surface area (Å²) in [5.74, 6) is 0.438. The van der Waals surface area contributed by atoms with Gasteiger partial charge in [-0.25, -0.2) is 4.39 Å². The number of carbonyl (C=O) groups is 1. The van der Waals surface area contributed by atoms with Crippen LogP contribution in [0.4, 0.5) is 4.39 Å². The SMILES string of the molecule is O=C(C1CC1)N1CCC[C@H](F)C1. The molecule has 12 heavy (non-hydrogen) atoms. The molecular weight excluding hydrogens is 157 g/mol. The molecule has 0 aromatic heterocycles. The zero-order valence-corrected chi connectivity index (χ0v) is 7.13. The van der Waals surface area contributed by atoms with Gasteiger partial charge in [0, 0.05) is 12.5 Å². The first-order chi connectivity index (χ1) is 5.77. The molecule has 0 bridgehead atoms. The number of amides is 1. The molecule has 1 saturated heterocycles. The molecule has 2 fully saturated rings. The minimum absolute atomic E-state index is 0.192. The summed E-state index contributed by atoms with van der Waals surface area (Å²) in [4.78, 5) is 13.2. The van der Waals surface area contributed by atoms with Crippen LogP contribution in [0.5, 0.6) is 0 Å². The highest BCUT2D eigenvalue weighted by atomic mass is 19.1. The van der Waals surface area contributed by atoms with Crippen LogP contribution in [0.25, 0.3) is 0 Å². The molecule has 1 amide bonds. The van der Waals surface area contributed by atoms with Gasteiger partial charge in [0.05, 0.1) is 6.54 Å². The van der Waals surface area contributed by atoms with Crippen molar-refractivity contribution in [3.8, 4) is 0 Å². The first kappa shape index (κ1) is 8.02. The number of hydrogen-bond acceptors (Lipinski definition) is 1. The van der Waals surface area contributed by atoms with E-state index in [4.69, 9.17) is 0 Å². The van der Waals surface area contributed by atoms with Crippen LogP contribution in [0.3, 0.4) is 0 Å². The van der Waals surface area contributed by atoms with Crippen molar-refractivity contribution in [2.45, 2.75) is 31.9 Å². The van der Waals surface area contributed by atoms with Crippen molar-refractivity contribution in [1.29, 1.82) is 0 Å². The Hall–Kier alpha value is -0.600. The summed E-state index contributed by atoms with van der Waals surface area (Å²) < 4.78 is 12.9. The Bertz CT molecular complexity index is 191. The van der Waals surface area contributed by atoms with E-state index in [0.717, 1.165) is 25.8 Å². The fourth-order valence-corrected chi connectivity index (χ4v) is 1.71. The Kier molecular flexibility index (Phi) is 2.03. The molecule has 0 aromatic carbocycles. The maximum atomic E-state index is 12.9. The Morgan fingerprint density at radius 1 is 1.33 bits per heavy atom. The fourth-order valence-electron chi connectivity index (χ4n) is 1.71. The van der Waals surface area contributed by atoms with Gasteiger partial charge in [0.2, 0.25) is 5.91 Å². The van der Waals surface area contributed by atoms with Gasteiger partial charge < -0.3 is 4.90 Å². The van der Waals surface area contributed by atoms with Crippen LogP contribution in [0, 0.1) is 5.92 Å². The van der Waals surface area contributed by atoms with E-state index in [-0.39, 0.29) is 11.8 Å². The summed E-state index contributed by atoms with van der Waals surface area (Å²) in [6.07, 6.45) is 2.73. The number of piperidine rings is 1. The van der Waals surface area contributed by atoms with Gasteiger partial charge in [-0.1, -0.05) is 0 Å². The molecule has 0 aromatic rings. The van der Waals surface area contributed by atoms with E-state index < -0.39 is 6.17 Å². The highest BCUT2D eigenvalue weighted by Crippen LogP contribution is 2.32. The molecule has 0 unspecified atom stereocenters. The van der Waals surface area contributed by atoms with Crippen molar-refractivity contribution < 1.29 is 9.18 Å². The van der Waals surface area contributed by atoms with E-state index in [0.29, 0.717) is 13.0 Å². The normalized spacial score (nSPS) is 30.4. The first-order valence-electron chi connectivity index (χ1n) is 4.70. The second kappa shape index (κ2) is 3.04. The lowest BCUT2D eigenvalue weighted by Gasteiger charge is -2.29. The first-order valence-corrected chi connectivity index (χ1v) is 4.70. The fraction of sp³-hybridized carbons (Fsp3) is 0.889. The standard InChI is InChI=1S/C9H14FNO/c10-8-2-1-5-11(6-8)9(12)7-3-4-7/h7-8H,1-6H2/t8-/m0/s1.